The summed E-state index contributed by atoms with van der Waals surface area (Å²) in [6.45, 7) is 0. The summed E-state index contributed by atoms with van der Waals surface area (Å²) in [5.74, 6) is -0.185. The summed E-state index contributed by atoms with van der Waals surface area (Å²) in [7, 11) is 0. The van der Waals surface area contributed by atoms with Crippen LogP contribution in [0.2, 0.25) is 0 Å². The average molecular weight is 234 g/mol. The highest BCUT2D eigenvalue weighted by atomic mass is 16.2. The maximum Gasteiger partial charge on any atom is 0.245 e. The minimum atomic E-state index is -0.185. The normalized spacial score (nSPS) is 10.6. The molecule has 1 aromatic heterocycles. The van der Waals surface area contributed by atoms with E-state index in [2.05, 4.69) is 0 Å². The van der Waals surface area contributed by atoms with Gasteiger partial charge in [-0.05, 0) is 12.1 Å². The van der Waals surface area contributed by atoms with E-state index < -0.39 is 0 Å². The van der Waals surface area contributed by atoms with Crippen molar-refractivity contribution in [2.24, 2.45) is 0 Å². The van der Waals surface area contributed by atoms with E-state index in [1.165, 1.54) is 0 Å². The molecule has 0 spiro atoms. The zero-order valence-corrected chi connectivity index (χ0v) is 9.63. The highest BCUT2D eigenvalue weighted by Crippen LogP contribution is 2.28. The van der Waals surface area contributed by atoms with Crippen LogP contribution in [0.4, 0.5) is 0 Å². The first-order chi connectivity index (χ1) is 8.83. The zero-order chi connectivity index (χ0) is 12.5. The van der Waals surface area contributed by atoms with Gasteiger partial charge in [0.1, 0.15) is 6.42 Å². The summed E-state index contributed by atoms with van der Waals surface area (Å²) in [5, 5.41) is 10.8. The van der Waals surface area contributed by atoms with Crippen LogP contribution in [0.25, 0.3) is 21.8 Å². The number of hydrogen-bond donors (Lipinski definition) is 0. The van der Waals surface area contributed by atoms with Gasteiger partial charge in [0.15, 0.2) is 0 Å². The Morgan fingerprint density at radius 2 is 1.50 bits per heavy atom. The van der Waals surface area contributed by atoms with Gasteiger partial charge in [0.25, 0.3) is 0 Å². The summed E-state index contributed by atoms with van der Waals surface area (Å²) in [6, 6.07) is 17.4. The minimum absolute atomic E-state index is 0.108. The lowest BCUT2D eigenvalue weighted by molar-refractivity contribution is 0.0929. The molecule has 0 aliphatic carbocycles. The van der Waals surface area contributed by atoms with Crippen LogP contribution >= 0.6 is 0 Å². The van der Waals surface area contributed by atoms with E-state index in [9.17, 15) is 4.79 Å². The third-order valence-corrected chi connectivity index (χ3v) is 3.06. The van der Waals surface area contributed by atoms with Crippen LogP contribution in [0, 0.1) is 11.3 Å². The van der Waals surface area contributed by atoms with Gasteiger partial charge in [-0.3, -0.25) is 9.36 Å². The standard InChI is InChI=1S/C15H10N2O/c16-10-9-15(18)17-13-7-3-1-5-11(13)12-6-2-4-8-14(12)17/h1-8H,9H2. The molecule has 0 atom stereocenters. The molecule has 0 aliphatic rings. The Labute approximate surface area is 104 Å². The molecule has 1 heterocycles. The molecule has 3 nitrogen and oxygen atoms in total. The molecule has 3 heteroatoms. The van der Waals surface area contributed by atoms with Crippen LogP contribution in [0.3, 0.4) is 0 Å². The molecule has 0 bridgehead atoms. The monoisotopic (exact) mass is 234 g/mol. The number of benzene rings is 2. The Bertz CT molecular complexity index is 740. The van der Waals surface area contributed by atoms with Gasteiger partial charge >= 0.3 is 0 Å². The van der Waals surface area contributed by atoms with Gasteiger partial charge in [-0.2, -0.15) is 5.26 Å². The van der Waals surface area contributed by atoms with Gasteiger partial charge in [-0.15, -0.1) is 0 Å². The predicted octanol–water partition coefficient (Wildman–Crippen LogP) is 3.35. The van der Waals surface area contributed by atoms with Gasteiger partial charge in [0, 0.05) is 10.8 Å². The van der Waals surface area contributed by atoms with Crippen molar-refractivity contribution in [3.63, 3.8) is 0 Å². The Kier molecular flexibility index (Phi) is 2.35. The maximum atomic E-state index is 12.1. The molecule has 86 valence electrons. The second kappa shape index (κ2) is 4.01. The molecule has 3 rings (SSSR count). The molecule has 0 N–H and O–H groups in total. The van der Waals surface area contributed by atoms with Gasteiger partial charge in [0.05, 0.1) is 17.1 Å². The highest BCUT2D eigenvalue weighted by molar-refractivity contribution is 6.13. The molecule has 18 heavy (non-hydrogen) atoms. The Morgan fingerprint density at radius 1 is 1.00 bits per heavy atom. The first-order valence-corrected chi connectivity index (χ1v) is 5.71. The Morgan fingerprint density at radius 3 is 2.00 bits per heavy atom. The number of carbonyl (C=O) groups is 1. The molecular weight excluding hydrogens is 224 g/mol. The van der Waals surface area contributed by atoms with E-state index in [1.54, 1.807) is 4.57 Å². The molecule has 0 fully saturated rings. The van der Waals surface area contributed by atoms with Crippen molar-refractivity contribution in [1.29, 1.82) is 5.26 Å². The molecule has 0 aliphatic heterocycles. The van der Waals surface area contributed by atoms with Crippen molar-refractivity contribution in [2.45, 2.75) is 6.42 Å². The third-order valence-electron chi connectivity index (χ3n) is 3.06. The van der Waals surface area contributed by atoms with Crippen molar-refractivity contribution >= 4 is 27.7 Å². The molecule has 0 saturated heterocycles. The van der Waals surface area contributed by atoms with Gasteiger partial charge in [-0.25, -0.2) is 0 Å². The SMILES string of the molecule is N#CCC(=O)n1c2ccccc2c2ccccc21. The van der Waals surface area contributed by atoms with Crippen LogP contribution in [0.15, 0.2) is 48.5 Å². The van der Waals surface area contributed by atoms with Crippen molar-refractivity contribution in [1.82, 2.24) is 4.57 Å². The molecule has 0 saturated carbocycles. The summed E-state index contributed by atoms with van der Waals surface area (Å²) in [4.78, 5) is 12.1. The first kappa shape index (κ1) is 10.5. The number of nitrogens with zero attached hydrogens (tertiary/aromatic N) is 2. The molecular formula is C15H10N2O. The Balaban J connectivity index is 2.46. The second-order valence-electron chi connectivity index (χ2n) is 4.10. The van der Waals surface area contributed by atoms with E-state index in [4.69, 9.17) is 5.26 Å². The summed E-state index contributed by atoms with van der Waals surface area (Å²) in [6.07, 6.45) is -0.108. The summed E-state index contributed by atoms with van der Waals surface area (Å²) >= 11 is 0. The summed E-state index contributed by atoms with van der Waals surface area (Å²) < 4.78 is 1.63. The predicted molar refractivity (Wildman–Crippen MR) is 70.3 cm³/mol. The van der Waals surface area contributed by atoms with Crippen molar-refractivity contribution in [3.05, 3.63) is 48.5 Å². The lowest BCUT2D eigenvalue weighted by Gasteiger charge is -2.02. The maximum absolute atomic E-state index is 12.1. The number of nitriles is 1. The molecule has 0 unspecified atom stereocenters. The van der Waals surface area contributed by atoms with Gasteiger partial charge in [0.2, 0.25) is 5.91 Å². The zero-order valence-electron chi connectivity index (χ0n) is 9.63. The molecule has 2 aromatic carbocycles. The number of aromatic nitrogens is 1. The number of para-hydroxylation sites is 2. The van der Waals surface area contributed by atoms with Gasteiger partial charge in [-0.1, -0.05) is 36.4 Å². The third kappa shape index (κ3) is 1.40. The number of fused-ring (bicyclic) bond motifs is 3. The fraction of sp³-hybridized carbons (Fsp3) is 0.0667. The van der Waals surface area contributed by atoms with Crippen molar-refractivity contribution in [3.8, 4) is 6.07 Å². The molecule has 0 amide bonds. The van der Waals surface area contributed by atoms with Crippen LogP contribution in [-0.2, 0) is 0 Å². The Hall–Kier alpha value is -2.60. The van der Waals surface area contributed by atoms with Gasteiger partial charge < -0.3 is 0 Å². The lowest BCUT2D eigenvalue weighted by Crippen LogP contribution is -2.08. The number of hydrogen-bond acceptors (Lipinski definition) is 2. The van der Waals surface area contributed by atoms with Crippen LogP contribution in [0.1, 0.15) is 11.2 Å². The fourth-order valence-electron chi connectivity index (χ4n) is 2.34. The van der Waals surface area contributed by atoms with Crippen molar-refractivity contribution < 1.29 is 4.79 Å². The fourth-order valence-corrected chi connectivity index (χ4v) is 2.34. The average Bonchev–Trinajstić information content (AvgIpc) is 2.73. The lowest BCUT2D eigenvalue weighted by atomic mass is 10.2. The van der Waals surface area contributed by atoms with E-state index >= 15 is 0 Å². The number of carbonyl (C=O) groups excluding carboxylic acids is 1. The molecule has 3 aromatic rings. The largest absolute Gasteiger partial charge is 0.279 e. The second-order valence-corrected chi connectivity index (χ2v) is 4.10. The van der Waals surface area contributed by atoms with E-state index in [1.807, 2.05) is 54.6 Å². The van der Waals surface area contributed by atoms with E-state index in [-0.39, 0.29) is 12.3 Å². The van der Waals surface area contributed by atoms with Crippen LogP contribution in [0.5, 0.6) is 0 Å². The number of rotatable bonds is 1. The van der Waals surface area contributed by atoms with E-state index in [0.29, 0.717) is 0 Å². The summed E-state index contributed by atoms with van der Waals surface area (Å²) in [5.41, 5.74) is 1.72. The smallest absolute Gasteiger partial charge is 0.245 e. The topological polar surface area (TPSA) is 45.8 Å². The first-order valence-electron chi connectivity index (χ1n) is 5.71. The van der Waals surface area contributed by atoms with Crippen LogP contribution < -0.4 is 0 Å². The molecule has 0 radical (unpaired) electrons. The quantitative estimate of drug-likeness (QED) is 0.648. The van der Waals surface area contributed by atoms with Crippen LogP contribution in [-0.4, -0.2) is 10.5 Å². The highest BCUT2D eigenvalue weighted by Gasteiger charge is 2.14. The minimum Gasteiger partial charge on any atom is -0.279 e. The van der Waals surface area contributed by atoms with E-state index in [0.717, 1.165) is 21.8 Å². The van der Waals surface area contributed by atoms with Crippen molar-refractivity contribution in [2.75, 3.05) is 0 Å².